The summed E-state index contributed by atoms with van der Waals surface area (Å²) in [7, 11) is 1.69. The van der Waals surface area contributed by atoms with E-state index in [0.29, 0.717) is 37.7 Å². The second kappa shape index (κ2) is 6.50. The highest BCUT2D eigenvalue weighted by atomic mass is 16.5. The van der Waals surface area contributed by atoms with Crippen molar-refractivity contribution in [3.05, 3.63) is 47.2 Å². The molecule has 0 spiro atoms. The zero-order valence-electron chi connectivity index (χ0n) is 14.2. The highest BCUT2D eigenvalue weighted by Gasteiger charge is 2.36. The van der Waals surface area contributed by atoms with E-state index in [2.05, 4.69) is 5.10 Å². The van der Waals surface area contributed by atoms with Crippen molar-refractivity contribution < 1.29 is 14.3 Å². The maximum absolute atomic E-state index is 13.1. The number of ether oxygens (including phenoxy) is 2. The lowest BCUT2D eigenvalue weighted by Crippen LogP contribution is -2.38. The van der Waals surface area contributed by atoms with Crippen LogP contribution in [0.5, 0.6) is 0 Å². The van der Waals surface area contributed by atoms with Crippen LogP contribution in [-0.4, -0.2) is 46.4 Å². The normalized spacial score (nSPS) is 22.4. The molecule has 1 aromatic heterocycles. The van der Waals surface area contributed by atoms with E-state index in [1.165, 1.54) is 0 Å². The predicted molar refractivity (Wildman–Crippen MR) is 91.8 cm³/mol. The van der Waals surface area contributed by atoms with Crippen LogP contribution < -0.4 is 5.73 Å². The van der Waals surface area contributed by atoms with E-state index in [0.717, 1.165) is 17.5 Å². The third kappa shape index (κ3) is 3.12. The molecule has 0 bridgehead atoms. The van der Waals surface area contributed by atoms with Crippen LogP contribution in [0.4, 0.5) is 5.82 Å². The first-order valence-corrected chi connectivity index (χ1v) is 8.46. The van der Waals surface area contributed by atoms with E-state index in [4.69, 9.17) is 15.2 Å². The van der Waals surface area contributed by atoms with Gasteiger partial charge in [0.05, 0.1) is 31.9 Å². The summed E-state index contributed by atoms with van der Waals surface area (Å²) in [6.07, 6.45) is 2.67. The Bertz CT molecular complexity index is 788. The van der Waals surface area contributed by atoms with Crippen LogP contribution in [-0.2, 0) is 29.2 Å². The first-order valence-electron chi connectivity index (χ1n) is 8.46. The van der Waals surface area contributed by atoms with Crippen LogP contribution in [0.1, 0.15) is 27.9 Å². The molecule has 2 N–H and O–H groups in total. The summed E-state index contributed by atoms with van der Waals surface area (Å²) in [6.45, 7) is 2.40. The number of methoxy groups -OCH3 is 1. The van der Waals surface area contributed by atoms with E-state index in [1.807, 2.05) is 29.3 Å². The summed E-state index contributed by atoms with van der Waals surface area (Å²) >= 11 is 0. The average molecular weight is 342 g/mol. The lowest BCUT2D eigenvalue weighted by Gasteiger charge is -2.24. The van der Waals surface area contributed by atoms with Gasteiger partial charge >= 0.3 is 0 Å². The molecule has 2 aliphatic rings. The standard InChI is InChI=1S/C18H22N4O3/c1-24-16-7-15(8-21-5-4-17(19)20-21)22(9-16)18(23)12-2-3-13-10-25-11-14(13)6-12/h2-6,15-16H,7-11H2,1H3,(H2,19,20)/t15-,16-/m0/s1. The summed E-state index contributed by atoms with van der Waals surface area (Å²) in [5.74, 6) is 0.511. The number of amides is 1. The molecule has 1 fully saturated rings. The Balaban J connectivity index is 1.56. The zero-order chi connectivity index (χ0) is 17.4. The van der Waals surface area contributed by atoms with Crippen molar-refractivity contribution in [2.75, 3.05) is 19.4 Å². The topological polar surface area (TPSA) is 82.6 Å². The third-order valence-electron chi connectivity index (χ3n) is 5.00. The van der Waals surface area contributed by atoms with Gasteiger partial charge in [-0.1, -0.05) is 6.07 Å². The van der Waals surface area contributed by atoms with E-state index in [1.54, 1.807) is 17.9 Å². The summed E-state index contributed by atoms with van der Waals surface area (Å²) in [4.78, 5) is 15.0. The molecule has 0 saturated carbocycles. The molecule has 2 aromatic rings. The van der Waals surface area contributed by atoms with Crippen LogP contribution >= 0.6 is 0 Å². The smallest absolute Gasteiger partial charge is 0.254 e. The number of hydrogen-bond acceptors (Lipinski definition) is 5. The van der Waals surface area contributed by atoms with Gasteiger partial charge < -0.3 is 20.1 Å². The molecule has 1 aromatic carbocycles. The number of rotatable bonds is 4. The number of carbonyl (C=O) groups is 1. The minimum Gasteiger partial charge on any atom is -0.382 e. The number of benzene rings is 1. The number of aromatic nitrogens is 2. The molecule has 0 unspecified atom stereocenters. The summed E-state index contributed by atoms with van der Waals surface area (Å²) in [5.41, 5.74) is 8.66. The number of fused-ring (bicyclic) bond motifs is 1. The maximum Gasteiger partial charge on any atom is 0.254 e. The highest BCUT2D eigenvalue weighted by molar-refractivity contribution is 5.95. The molecule has 3 heterocycles. The van der Waals surface area contributed by atoms with Gasteiger partial charge in [0.1, 0.15) is 5.82 Å². The minimum absolute atomic E-state index is 0.0272. The van der Waals surface area contributed by atoms with Crippen molar-refractivity contribution in [3.63, 3.8) is 0 Å². The zero-order valence-corrected chi connectivity index (χ0v) is 14.2. The van der Waals surface area contributed by atoms with Crippen LogP contribution in [0.2, 0.25) is 0 Å². The molecule has 7 heteroatoms. The molecule has 1 amide bonds. The number of nitrogens with zero attached hydrogens (tertiary/aromatic N) is 3. The lowest BCUT2D eigenvalue weighted by molar-refractivity contribution is 0.0678. The molecule has 132 valence electrons. The summed E-state index contributed by atoms with van der Waals surface area (Å²) < 4.78 is 12.7. The molecule has 7 nitrogen and oxygen atoms in total. The molecule has 1 saturated heterocycles. The van der Waals surface area contributed by atoms with Crippen LogP contribution in [0.25, 0.3) is 0 Å². The lowest BCUT2D eigenvalue weighted by atomic mass is 10.1. The second-order valence-corrected chi connectivity index (χ2v) is 6.64. The van der Waals surface area contributed by atoms with Crippen molar-refractivity contribution in [1.82, 2.24) is 14.7 Å². The molecule has 0 radical (unpaired) electrons. The van der Waals surface area contributed by atoms with Crippen LogP contribution in [0.15, 0.2) is 30.5 Å². The number of anilines is 1. The fraction of sp³-hybridized carbons (Fsp3) is 0.444. The molecule has 2 atom stereocenters. The van der Waals surface area contributed by atoms with E-state index < -0.39 is 0 Å². The Morgan fingerprint density at radius 3 is 2.96 bits per heavy atom. The Labute approximate surface area is 146 Å². The number of likely N-dealkylation sites (tertiary alicyclic amines) is 1. The quantitative estimate of drug-likeness (QED) is 0.909. The molecular formula is C18H22N4O3. The van der Waals surface area contributed by atoms with Crippen LogP contribution in [0, 0.1) is 0 Å². The molecule has 4 rings (SSSR count). The van der Waals surface area contributed by atoms with Gasteiger partial charge in [-0.15, -0.1) is 0 Å². The average Bonchev–Trinajstić information content (AvgIpc) is 3.33. The van der Waals surface area contributed by atoms with E-state index in [-0.39, 0.29) is 18.1 Å². The highest BCUT2D eigenvalue weighted by Crippen LogP contribution is 2.26. The van der Waals surface area contributed by atoms with Gasteiger partial charge in [0, 0.05) is 25.4 Å². The number of nitrogens with two attached hydrogens (primary N) is 1. The summed E-state index contributed by atoms with van der Waals surface area (Å²) in [5, 5.41) is 4.24. The van der Waals surface area contributed by atoms with Gasteiger partial charge in [-0.3, -0.25) is 9.48 Å². The molecular weight excluding hydrogens is 320 g/mol. The van der Waals surface area contributed by atoms with E-state index >= 15 is 0 Å². The Morgan fingerprint density at radius 2 is 2.20 bits per heavy atom. The number of nitrogen functional groups attached to an aromatic ring is 1. The number of hydrogen-bond donors (Lipinski definition) is 1. The van der Waals surface area contributed by atoms with Gasteiger partial charge in [0.2, 0.25) is 0 Å². The Hall–Kier alpha value is -2.38. The van der Waals surface area contributed by atoms with Crippen LogP contribution in [0.3, 0.4) is 0 Å². The monoisotopic (exact) mass is 342 g/mol. The first kappa shape index (κ1) is 16.1. The molecule has 2 aliphatic heterocycles. The van der Waals surface area contributed by atoms with Gasteiger partial charge in [0.15, 0.2) is 0 Å². The maximum atomic E-state index is 13.1. The van der Waals surface area contributed by atoms with Gasteiger partial charge in [0.25, 0.3) is 5.91 Å². The van der Waals surface area contributed by atoms with Gasteiger partial charge in [-0.2, -0.15) is 5.10 Å². The Morgan fingerprint density at radius 1 is 1.36 bits per heavy atom. The minimum atomic E-state index is 0.0272. The Kier molecular flexibility index (Phi) is 4.19. The fourth-order valence-electron chi connectivity index (χ4n) is 3.63. The van der Waals surface area contributed by atoms with Crippen molar-refractivity contribution in [3.8, 4) is 0 Å². The summed E-state index contributed by atoms with van der Waals surface area (Å²) in [6, 6.07) is 7.62. The van der Waals surface area contributed by atoms with Gasteiger partial charge in [-0.25, -0.2) is 0 Å². The number of carbonyl (C=O) groups excluding carboxylic acids is 1. The third-order valence-corrected chi connectivity index (χ3v) is 5.00. The van der Waals surface area contributed by atoms with E-state index in [9.17, 15) is 4.79 Å². The SMILES string of the molecule is CO[C@H]1C[C@@H](Cn2ccc(N)n2)N(C(=O)c2ccc3c(c2)COC3)C1. The van der Waals surface area contributed by atoms with Crippen molar-refractivity contribution in [1.29, 1.82) is 0 Å². The van der Waals surface area contributed by atoms with Crippen molar-refractivity contribution in [2.24, 2.45) is 0 Å². The molecule has 0 aliphatic carbocycles. The van der Waals surface area contributed by atoms with Gasteiger partial charge in [-0.05, 0) is 35.7 Å². The second-order valence-electron chi connectivity index (χ2n) is 6.64. The first-order chi connectivity index (χ1) is 12.1. The predicted octanol–water partition coefficient (Wildman–Crippen LogP) is 1.43. The largest absolute Gasteiger partial charge is 0.382 e. The molecule has 25 heavy (non-hydrogen) atoms. The van der Waals surface area contributed by atoms with Crippen molar-refractivity contribution in [2.45, 2.75) is 38.3 Å². The van der Waals surface area contributed by atoms with Crippen molar-refractivity contribution >= 4 is 11.7 Å². The fourth-order valence-corrected chi connectivity index (χ4v) is 3.63.